The first-order valence-electron chi connectivity index (χ1n) is 13.9. The molecular formula is C34H44O4. The number of hydrogen-bond donors (Lipinski definition) is 0. The predicted molar refractivity (Wildman–Crippen MR) is 156 cm³/mol. The monoisotopic (exact) mass is 516 g/mol. The van der Waals surface area contributed by atoms with E-state index in [0.717, 1.165) is 23.1 Å². The third kappa shape index (κ3) is 5.90. The fraction of sp³-hybridized carbons (Fsp3) is 0.441. The van der Waals surface area contributed by atoms with Crippen molar-refractivity contribution >= 4 is 5.97 Å². The van der Waals surface area contributed by atoms with Gasteiger partial charge >= 0.3 is 5.97 Å². The molecule has 3 aromatic rings. The predicted octanol–water partition coefficient (Wildman–Crippen LogP) is 9.46. The second kappa shape index (κ2) is 11.2. The lowest BCUT2D eigenvalue weighted by molar-refractivity contribution is 0.0224. The van der Waals surface area contributed by atoms with Crippen LogP contribution in [0.1, 0.15) is 108 Å². The number of hydrogen-bond acceptors (Lipinski definition) is 4. The zero-order valence-electron chi connectivity index (χ0n) is 24.8. The van der Waals surface area contributed by atoms with Crippen LogP contribution in [0.2, 0.25) is 0 Å². The van der Waals surface area contributed by atoms with Gasteiger partial charge in [-0.3, -0.25) is 0 Å². The van der Waals surface area contributed by atoms with E-state index >= 15 is 0 Å². The molecule has 4 nitrogen and oxygen atoms in total. The summed E-state index contributed by atoms with van der Waals surface area (Å²) in [4.78, 5) is 13.0. The number of fused-ring (bicyclic) bond motifs is 6. The number of carbonyl (C=O) groups is 1. The van der Waals surface area contributed by atoms with Crippen molar-refractivity contribution in [2.75, 3.05) is 0 Å². The normalized spacial score (nSPS) is 16.9. The van der Waals surface area contributed by atoms with Crippen LogP contribution in [0, 0.1) is 5.41 Å². The zero-order chi connectivity index (χ0) is 28.3. The van der Waals surface area contributed by atoms with Crippen molar-refractivity contribution in [2.45, 2.75) is 93.3 Å². The SMILES string of the molecule is CC.CC(C)(C)Cc1ccc2c(c1)Oc1cc(OC(C)(C)C)ccc1C21OC(=O)c2ccccc21.CCC. The quantitative estimate of drug-likeness (QED) is 0.318. The number of rotatable bonds is 2. The van der Waals surface area contributed by atoms with Crippen LogP contribution in [0.5, 0.6) is 17.2 Å². The van der Waals surface area contributed by atoms with E-state index in [2.05, 4.69) is 46.8 Å². The van der Waals surface area contributed by atoms with E-state index < -0.39 is 5.60 Å². The number of benzene rings is 3. The van der Waals surface area contributed by atoms with Crippen molar-refractivity contribution in [2.24, 2.45) is 5.41 Å². The molecule has 0 saturated heterocycles. The molecule has 204 valence electrons. The molecule has 1 atom stereocenters. The lowest BCUT2D eigenvalue weighted by Gasteiger charge is -2.37. The third-order valence-corrected chi connectivity index (χ3v) is 5.91. The Morgan fingerprint density at radius 1 is 0.789 bits per heavy atom. The average molecular weight is 517 g/mol. The van der Waals surface area contributed by atoms with Gasteiger partial charge in [0.05, 0.1) is 5.56 Å². The molecule has 5 rings (SSSR count). The summed E-state index contributed by atoms with van der Waals surface area (Å²) >= 11 is 0. The second-order valence-corrected chi connectivity index (χ2v) is 11.9. The summed E-state index contributed by atoms with van der Waals surface area (Å²) in [6.07, 6.45) is 2.16. The molecule has 0 amide bonds. The standard InChI is InChI=1S/C29H30O4.C3H8.C2H6/c1-27(2,3)17-18-11-13-22-24(15-18)31-25-16-19(32-28(4,5)6)12-14-23(25)29(22)21-10-8-7-9-20(21)26(30)33-29;1-3-2;1-2/h7-16H,17H2,1-6H3;3H2,1-2H3;1-2H3. The Balaban J connectivity index is 0.000000748. The third-order valence-electron chi connectivity index (χ3n) is 5.91. The molecule has 0 fully saturated rings. The zero-order valence-corrected chi connectivity index (χ0v) is 24.8. The van der Waals surface area contributed by atoms with Crippen LogP contribution in [0.4, 0.5) is 0 Å². The van der Waals surface area contributed by atoms with Crippen molar-refractivity contribution in [3.8, 4) is 17.2 Å². The van der Waals surface area contributed by atoms with Gasteiger partial charge in [0.2, 0.25) is 0 Å². The highest BCUT2D eigenvalue weighted by Gasteiger charge is 2.53. The lowest BCUT2D eigenvalue weighted by atomic mass is 9.77. The molecule has 0 radical (unpaired) electrons. The van der Waals surface area contributed by atoms with Gasteiger partial charge in [-0.25, -0.2) is 4.79 Å². The van der Waals surface area contributed by atoms with Crippen molar-refractivity contribution in [3.05, 3.63) is 88.5 Å². The molecule has 0 aliphatic carbocycles. The van der Waals surface area contributed by atoms with Gasteiger partial charge in [0.1, 0.15) is 22.8 Å². The van der Waals surface area contributed by atoms with Crippen LogP contribution < -0.4 is 9.47 Å². The number of ether oxygens (including phenoxy) is 3. The largest absolute Gasteiger partial charge is 0.488 e. The number of carbonyl (C=O) groups excluding carboxylic acids is 1. The average Bonchev–Trinajstić information content (AvgIpc) is 3.12. The lowest BCUT2D eigenvalue weighted by Crippen LogP contribution is -2.33. The summed E-state index contributed by atoms with van der Waals surface area (Å²) in [5.41, 5.74) is 3.01. The Morgan fingerprint density at radius 2 is 1.37 bits per heavy atom. The summed E-state index contributed by atoms with van der Waals surface area (Å²) in [6, 6.07) is 19.6. The van der Waals surface area contributed by atoms with Gasteiger partial charge in [0.25, 0.3) is 0 Å². The molecule has 2 aliphatic rings. The molecular weight excluding hydrogens is 472 g/mol. The smallest absolute Gasteiger partial charge is 0.340 e. The molecule has 2 heterocycles. The highest BCUT2D eigenvalue weighted by atomic mass is 16.6. The van der Waals surface area contributed by atoms with Gasteiger partial charge in [-0.1, -0.05) is 85.2 Å². The molecule has 0 saturated carbocycles. The molecule has 2 aliphatic heterocycles. The molecule has 1 spiro atoms. The first kappa shape index (κ1) is 29.3. The maximum Gasteiger partial charge on any atom is 0.340 e. The Bertz CT molecular complexity index is 1210. The minimum atomic E-state index is -1.04. The van der Waals surface area contributed by atoms with E-state index in [1.54, 1.807) is 0 Å². The summed E-state index contributed by atoms with van der Waals surface area (Å²) in [6.45, 7) is 20.9. The van der Waals surface area contributed by atoms with Crippen LogP contribution in [-0.2, 0) is 16.8 Å². The Hall–Kier alpha value is -3.27. The van der Waals surface area contributed by atoms with E-state index in [0.29, 0.717) is 22.8 Å². The highest BCUT2D eigenvalue weighted by Crippen LogP contribution is 2.56. The van der Waals surface area contributed by atoms with E-state index in [-0.39, 0.29) is 17.0 Å². The van der Waals surface area contributed by atoms with E-state index in [1.807, 2.05) is 83.1 Å². The molecule has 1 unspecified atom stereocenters. The maximum atomic E-state index is 13.0. The minimum absolute atomic E-state index is 0.138. The maximum absolute atomic E-state index is 13.0. The summed E-state index contributed by atoms with van der Waals surface area (Å²) in [7, 11) is 0. The van der Waals surface area contributed by atoms with Crippen LogP contribution in [0.3, 0.4) is 0 Å². The minimum Gasteiger partial charge on any atom is -0.488 e. The molecule has 0 bridgehead atoms. The van der Waals surface area contributed by atoms with Crippen LogP contribution in [0.15, 0.2) is 60.7 Å². The van der Waals surface area contributed by atoms with Gasteiger partial charge in [-0.05, 0) is 62.4 Å². The molecule has 3 aromatic carbocycles. The fourth-order valence-electron chi connectivity index (χ4n) is 4.84. The van der Waals surface area contributed by atoms with Gasteiger partial charge in [-0.2, -0.15) is 0 Å². The van der Waals surface area contributed by atoms with E-state index in [9.17, 15) is 4.79 Å². The van der Waals surface area contributed by atoms with Crippen molar-refractivity contribution in [1.29, 1.82) is 0 Å². The summed E-state index contributed by atoms with van der Waals surface area (Å²) in [5, 5.41) is 0. The summed E-state index contributed by atoms with van der Waals surface area (Å²) in [5.74, 6) is 1.74. The topological polar surface area (TPSA) is 44.8 Å². The number of esters is 1. The molecule has 38 heavy (non-hydrogen) atoms. The second-order valence-electron chi connectivity index (χ2n) is 11.9. The molecule has 0 aromatic heterocycles. The molecule has 0 N–H and O–H groups in total. The Labute approximate surface area is 229 Å². The Morgan fingerprint density at radius 3 is 1.97 bits per heavy atom. The van der Waals surface area contributed by atoms with E-state index in [4.69, 9.17) is 14.2 Å². The Kier molecular flexibility index (Phi) is 8.65. The van der Waals surface area contributed by atoms with Crippen molar-refractivity contribution < 1.29 is 19.0 Å². The first-order chi connectivity index (χ1) is 17.9. The van der Waals surface area contributed by atoms with E-state index in [1.165, 1.54) is 12.0 Å². The van der Waals surface area contributed by atoms with Gasteiger partial charge in [0.15, 0.2) is 5.60 Å². The van der Waals surface area contributed by atoms with Gasteiger partial charge < -0.3 is 14.2 Å². The van der Waals surface area contributed by atoms with Crippen molar-refractivity contribution in [1.82, 2.24) is 0 Å². The molecule has 4 heteroatoms. The van der Waals surface area contributed by atoms with Crippen LogP contribution in [-0.4, -0.2) is 11.6 Å². The van der Waals surface area contributed by atoms with Crippen LogP contribution >= 0.6 is 0 Å². The van der Waals surface area contributed by atoms with Gasteiger partial charge in [0, 0.05) is 22.8 Å². The van der Waals surface area contributed by atoms with Crippen molar-refractivity contribution in [3.63, 3.8) is 0 Å². The summed E-state index contributed by atoms with van der Waals surface area (Å²) < 4.78 is 18.8. The van der Waals surface area contributed by atoms with Gasteiger partial charge in [-0.15, -0.1) is 0 Å². The fourth-order valence-corrected chi connectivity index (χ4v) is 4.84. The first-order valence-corrected chi connectivity index (χ1v) is 13.9. The van der Waals surface area contributed by atoms with Crippen LogP contribution in [0.25, 0.3) is 0 Å². The highest BCUT2D eigenvalue weighted by molar-refractivity contribution is 5.97.